The van der Waals surface area contributed by atoms with Crippen LogP contribution in [0.4, 0.5) is 11.4 Å². The molecule has 2 rings (SSSR count). The second kappa shape index (κ2) is 10.8. The van der Waals surface area contributed by atoms with E-state index in [0.29, 0.717) is 22.9 Å². The van der Waals surface area contributed by atoms with Crippen LogP contribution in [0.2, 0.25) is 0 Å². The standard InChI is InChI=1S/C22H25NO6/c1-5-28-21(24)20(22(25)29-6-2)15-23(16-9-7-11-18(13-16)26-3)17-10-8-12-19(14-17)27-4/h7-15H,5-6H2,1-4H3. The molecule has 7 nitrogen and oxygen atoms in total. The second-order valence-electron chi connectivity index (χ2n) is 5.76. The summed E-state index contributed by atoms with van der Waals surface area (Å²) in [5.74, 6) is -0.279. The third-order valence-corrected chi connectivity index (χ3v) is 3.91. The molecule has 0 amide bonds. The first-order chi connectivity index (χ1) is 14.0. The molecule has 0 radical (unpaired) electrons. The van der Waals surface area contributed by atoms with Gasteiger partial charge in [-0.15, -0.1) is 0 Å². The molecule has 0 aliphatic heterocycles. The minimum atomic E-state index is -0.762. The Balaban J connectivity index is 2.63. The first-order valence-electron chi connectivity index (χ1n) is 9.17. The number of hydrogen-bond acceptors (Lipinski definition) is 7. The van der Waals surface area contributed by atoms with Crippen LogP contribution in [0.25, 0.3) is 0 Å². The number of rotatable bonds is 9. The van der Waals surface area contributed by atoms with Crippen molar-refractivity contribution in [2.45, 2.75) is 13.8 Å². The Kier molecular flexibility index (Phi) is 8.09. The van der Waals surface area contributed by atoms with Crippen LogP contribution in [0.15, 0.2) is 60.3 Å². The molecule has 2 aromatic rings. The zero-order valence-electron chi connectivity index (χ0n) is 17.0. The van der Waals surface area contributed by atoms with Crippen LogP contribution in [0.3, 0.4) is 0 Å². The summed E-state index contributed by atoms with van der Waals surface area (Å²) in [4.78, 5) is 26.5. The molecular weight excluding hydrogens is 374 g/mol. The molecule has 0 aliphatic rings. The largest absolute Gasteiger partial charge is 0.497 e. The minimum absolute atomic E-state index is 0.133. The number of nitrogens with zero attached hydrogens (tertiary/aromatic N) is 1. The van der Waals surface area contributed by atoms with E-state index in [1.165, 1.54) is 6.20 Å². The van der Waals surface area contributed by atoms with Gasteiger partial charge < -0.3 is 23.8 Å². The molecule has 154 valence electrons. The Bertz CT molecular complexity index is 810. The van der Waals surface area contributed by atoms with Crippen LogP contribution in [-0.4, -0.2) is 39.4 Å². The fraction of sp³-hybridized carbons (Fsp3) is 0.273. The predicted octanol–water partition coefficient (Wildman–Crippen LogP) is 3.85. The first-order valence-corrected chi connectivity index (χ1v) is 9.17. The van der Waals surface area contributed by atoms with E-state index in [-0.39, 0.29) is 18.8 Å². The molecule has 0 heterocycles. The third kappa shape index (κ3) is 5.75. The fourth-order valence-corrected chi connectivity index (χ4v) is 2.55. The van der Waals surface area contributed by atoms with Crippen molar-refractivity contribution in [3.8, 4) is 11.5 Å². The van der Waals surface area contributed by atoms with Crippen molar-refractivity contribution < 1.29 is 28.5 Å². The number of methoxy groups -OCH3 is 2. The molecule has 0 saturated heterocycles. The van der Waals surface area contributed by atoms with E-state index < -0.39 is 11.9 Å². The summed E-state index contributed by atoms with van der Waals surface area (Å²) >= 11 is 0. The summed E-state index contributed by atoms with van der Waals surface area (Å²) in [7, 11) is 3.13. The molecule has 0 fully saturated rings. The van der Waals surface area contributed by atoms with E-state index in [4.69, 9.17) is 18.9 Å². The van der Waals surface area contributed by atoms with Gasteiger partial charge in [0.2, 0.25) is 0 Å². The lowest BCUT2D eigenvalue weighted by molar-refractivity contribution is -0.146. The van der Waals surface area contributed by atoms with Gasteiger partial charge >= 0.3 is 11.9 Å². The number of benzene rings is 2. The normalized spacial score (nSPS) is 9.93. The molecule has 29 heavy (non-hydrogen) atoms. The Morgan fingerprint density at radius 3 is 1.66 bits per heavy atom. The lowest BCUT2D eigenvalue weighted by atomic mass is 10.2. The second-order valence-corrected chi connectivity index (χ2v) is 5.76. The molecule has 0 spiro atoms. The van der Waals surface area contributed by atoms with E-state index in [1.54, 1.807) is 57.2 Å². The smallest absolute Gasteiger partial charge is 0.347 e. The van der Waals surface area contributed by atoms with E-state index in [0.717, 1.165) is 0 Å². The number of hydrogen-bond donors (Lipinski definition) is 0. The number of carbonyl (C=O) groups is 2. The molecule has 2 aromatic carbocycles. The first kappa shape index (κ1) is 21.8. The van der Waals surface area contributed by atoms with Crippen LogP contribution in [-0.2, 0) is 19.1 Å². The van der Waals surface area contributed by atoms with E-state index in [1.807, 2.05) is 24.3 Å². The molecule has 0 aliphatic carbocycles. The number of esters is 2. The topological polar surface area (TPSA) is 74.3 Å². The van der Waals surface area contributed by atoms with Crippen molar-refractivity contribution in [1.82, 2.24) is 0 Å². The highest BCUT2D eigenvalue weighted by Crippen LogP contribution is 2.31. The Hall–Kier alpha value is -3.48. The van der Waals surface area contributed by atoms with Crippen LogP contribution < -0.4 is 14.4 Å². The van der Waals surface area contributed by atoms with Gasteiger partial charge in [0.25, 0.3) is 0 Å². The highest BCUT2D eigenvalue weighted by molar-refractivity contribution is 6.14. The summed E-state index contributed by atoms with van der Waals surface area (Å²) in [6.45, 7) is 3.60. The number of ether oxygens (including phenoxy) is 4. The van der Waals surface area contributed by atoms with Crippen molar-refractivity contribution in [3.63, 3.8) is 0 Å². The van der Waals surface area contributed by atoms with Gasteiger partial charge in [0.1, 0.15) is 11.5 Å². The van der Waals surface area contributed by atoms with Crippen LogP contribution in [0, 0.1) is 0 Å². The van der Waals surface area contributed by atoms with E-state index in [2.05, 4.69) is 0 Å². The maximum absolute atomic E-state index is 12.4. The zero-order valence-corrected chi connectivity index (χ0v) is 17.0. The van der Waals surface area contributed by atoms with Gasteiger partial charge in [0.05, 0.1) is 27.4 Å². The quantitative estimate of drug-likeness (QED) is 0.274. The summed E-state index contributed by atoms with van der Waals surface area (Å²) in [6, 6.07) is 14.4. The number of carbonyl (C=O) groups excluding carboxylic acids is 2. The van der Waals surface area contributed by atoms with Gasteiger partial charge in [-0.25, -0.2) is 9.59 Å². The number of anilines is 2. The van der Waals surface area contributed by atoms with E-state index in [9.17, 15) is 9.59 Å². The fourth-order valence-electron chi connectivity index (χ4n) is 2.55. The Labute approximate surface area is 170 Å². The van der Waals surface area contributed by atoms with Crippen molar-refractivity contribution in [1.29, 1.82) is 0 Å². The van der Waals surface area contributed by atoms with Gasteiger partial charge in [-0.2, -0.15) is 0 Å². The molecule has 0 aromatic heterocycles. The van der Waals surface area contributed by atoms with E-state index >= 15 is 0 Å². The lowest BCUT2D eigenvalue weighted by Gasteiger charge is -2.23. The maximum atomic E-state index is 12.4. The Morgan fingerprint density at radius 2 is 1.28 bits per heavy atom. The van der Waals surface area contributed by atoms with Crippen molar-refractivity contribution >= 4 is 23.3 Å². The lowest BCUT2D eigenvalue weighted by Crippen LogP contribution is -2.22. The third-order valence-electron chi connectivity index (χ3n) is 3.91. The van der Waals surface area contributed by atoms with Gasteiger partial charge in [-0.1, -0.05) is 12.1 Å². The molecule has 7 heteroatoms. The summed E-state index contributed by atoms with van der Waals surface area (Å²) < 4.78 is 20.7. The minimum Gasteiger partial charge on any atom is -0.497 e. The molecule has 0 N–H and O–H groups in total. The SMILES string of the molecule is CCOC(=O)C(=CN(c1cccc(OC)c1)c1cccc(OC)c1)C(=O)OCC. The maximum Gasteiger partial charge on any atom is 0.347 e. The average molecular weight is 399 g/mol. The van der Waals surface area contributed by atoms with Gasteiger partial charge in [-0.05, 0) is 38.1 Å². The van der Waals surface area contributed by atoms with Crippen molar-refractivity contribution in [3.05, 3.63) is 60.3 Å². The predicted molar refractivity (Wildman–Crippen MR) is 109 cm³/mol. The molecule has 0 saturated carbocycles. The summed E-state index contributed by atoms with van der Waals surface area (Å²) in [6.07, 6.45) is 1.40. The summed E-state index contributed by atoms with van der Waals surface area (Å²) in [5, 5.41) is 0. The molecular formula is C22H25NO6. The van der Waals surface area contributed by atoms with Gasteiger partial charge in [0.15, 0.2) is 5.57 Å². The monoisotopic (exact) mass is 399 g/mol. The van der Waals surface area contributed by atoms with Crippen molar-refractivity contribution in [2.24, 2.45) is 0 Å². The van der Waals surface area contributed by atoms with Gasteiger partial charge in [-0.3, -0.25) is 0 Å². The van der Waals surface area contributed by atoms with Gasteiger partial charge in [0, 0.05) is 29.7 Å². The Morgan fingerprint density at radius 1 is 0.828 bits per heavy atom. The highest BCUT2D eigenvalue weighted by Gasteiger charge is 2.23. The van der Waals surface area contributed by atoms with Crippen molar-refractivity contribution in [2.75, 3.05) is 32.3 Å². The van der Waals surface area contributed by atoms with Crippen LogP contribution in [0.1, 0.15) is 13.8 Å². The molecule has 0 unspecified atom stereocenters. The highest BCUT2D eigenvalue weighted by atomic mass is 16.6. The molecule has 0 bridgehead atoms. The van der Waals surface area contributed by atoms with Crippen LogP contribution in [0.5, 0.6) is 11.5 Å². The average Bonchev–Trinajstić information content (AvgIpc) is 2.74. The zero-order chi connectivity index (χ0) is 21.2. The summed E-state index contributed by atoms with van der Waals surface area (Å²) in [5.41, 5.74) is 1.12. The van der Waals surface area contributed by atoms with Crippen LogP contribution >= 0.6 is 0 Å². The molecule has 0 atom stereocenters.